The van der Waals surface area contributed by atoms with Gasteiger partial charge in [-0.1, -0.05) is 0 Å². The fourth-order valence-corrected chi connectivity index (χ4v) is 1.35. The summed E-state index contributed by atoms with van der Waals surface area (Å²) in [5.74, 6) is -0.130. The number of alkyl halides is 1. The molecule has 0 amide bonds. The van der Waals surface area contributed by atoms with Crippen LogP contribution in [0.1, 0.15) is 15.9 Å². The third-order valence-corrected chi connectivity index (χ3v) is 2.14. The van der Waals surface area contributed by atoms with E-state index in [4.69, 9.17) is 27.3 Å². The van der Waals surface area contributed by atoms with Gasteiger partial charge in [0, 0.05) is 11.8 Å². The zero-order chi connectivity index (χ0) is 11.4. The van der Waals surface area contributed by atoms with Crippen molar-refractivity contribution in [2.24, 2.45) is 0 Å². The number of nitrogen functional groups attached to an aromatic ring is 1. The van der Waals surface area contributed by atoms with E-state index in [1.807, 2.05) is 6.07 Å². The number of carbonyl (C=O) groups excluding carboxylic acids is 1. The molecule has 1 rings (SSSR count). The zero-order valence-corrected chi connectivity index (χ0v) is 8.84. The van der Waals surface area contributed by atoms with E-state index in [-0.39, 0.29) is 28.5 Å². The molecular formula is C10H9ClN2O2. The van der Waals surface area contributed by atoms with E-state index in [1.54, 1.807) is 0 Å². The second-order valence-electron chi connectivity index (χ2n) is 2.81. The Morgan fingerprint density at radius 3 is 2.80 bits per heavy atom. The molecule has 0 aliphatic rings. The lowest BCUT2D eigenvalue weighted by Crippen LogP contribution is -2.08. The van der Waals surface area contributed by atoms with Crippen molar-refractivity contribution in [3.8, 4) is 11.8 Å². The Labute approximate surface area is 92.2 Å². The van der Waals surface area contributed by atoms with Gasteiger partial charge in [0.15, 0.2) is 5.78 Å². The van der Waals surface area contributed by atoms with E-state index >= 15 is 0 Å². The molecule has 1 aromatic rings. The molecule has 0 radical (unpaired) electrons. The topological polar surface area (TPSA) is 76.1 Å². The van der Waals surface area contributed by atoms with Crippen molar-refractivity contribution in [1.29, 1.82) is 5.26 Å². The third kappa shape index (κ3) is 2.20. The van der Waals surface area contributed by atoms with Crippen molar-refractivity contribution in [2.75, 3.05) is 18.7 Å². The van der Waals surface area contributed by atoms with Gasteiger partial charge in [-0.2, -0.15) is 5.26 Å². The zero-order valence-electron chi connectivity index (χ0n) is 8.08. The van der Waals surface area contributed by atoms with Crippen LogP contribution in [-0.4, -0.2) is 18.8 Å². The average Bonchev–Trinajstić information content (AvgIpc) is 2.26. The highest BCUT2D eigenvalue weighted by Crippen LogP contribution is 2.24. The maximum Gasteiger partial charge on any atom is 0.180 e. The summed E-state index contributed by atoms with van der Waals surface area (Å²) in [5.41, 5.74) is 6.18. The van der Waals surface area contributed by atoms with Crippen LogP contribution < -0.4 is 10.5 Å². The van der Waals surface area contributed by atoms with E-state index < -0.39 is 0 Å². The fourth-order valence-electron chi connectivity index (χ4n) is 1.22. The van der Waals surface area contributed by atoms with Crippen molar-refractivity contribution in [3.05, 3.63) is 23.3 Å². The first-order chi connectivity index (χ1) is 7.13. The number of halogens is 1. The lowest BCUT2D eigenvalue weighted by atomic mass is 10.0. The van der Waals surface area contributed by atoms with Gasteiger partial charge in [0.2, 0.25) is 0 Å². The molecule has 0 saturated heterocycles. The van der Waals surface area contributed by atoms with Gasteiger partial charge in [0.05, 0.1) is 24.1 Å². The Kier molecular flexibility index (Phi) is 3.53. The third-order valence-electron chi connectivity index (χ3n) is 1.90. The minimum absolute atomic E-state index is 0.160. The largest absolute Gasteiger partial charge is 0.497 e. The van der Waals surface area contributed by atoms with Gasteiger partial charge >= 0.3 is 0 Å². The molecule has 0 aromatic heterocycles. The van der Waals surface area contributed by atoms with E-state index in [0.717, 1.165) is 0 Å². The quantitative estimate of drug-likeness (QED) is 0.480. The van der Waals surface area contributed by atoms with Gasteiger partial charge < -0.3 is 10.5 Å². The van der Waals surface area contributed by atoms with Crippen LogP contribution in [0.5, 0.6) is 5.75 Å². The molecule has 1 aromatic carbocycles. The number of ether oxygens (including phenoxy) is 1. The molecule has 15 heavy (non-hydrogen) atoms. The standard InChI is InChI=1S/C10H9ClN2O2/c1-15-7-2-6(5-12)10(8(13)3-7)9(14)4-11/h2-3H,4,13H2,1H3. The number of benzene rings is 1. The molecule has 0 aliphatic heterocycles. The molecule has 4 nitrogen and oxygen atoms in total. The van der Waals surface area contributed by atoms with Crippen LogP contribution in [0.2, 0.25) is 0 Å². The van der Waals surface area contributed by atoms with Crippen molar-refractivity contribution in [2.45, 2.75) is 0 Å². The Morgan fingerprint density at radius 2 is 2.33 bits per heavy atom. The van der Waals surface area contributed by atoms with E-state index in [2.05, 4.69) is 0 Å². The van der Waals surface area contributed by atoms with E-state index in [1.165, 1.54) is 19.2 Å². The summed E-state index contributed by atoms with van der Waals surface area (Å²) in [6.07, 6.45) is 0. The lowest BCUT2D eigenvalue weighted by Gasteiger charge is -2.07. The van der Waals surface area contributed by atoms with Gasteiger partial charge in [0.25, 0.3) is 0 Å². The number of methoxy groups -OCH3 is 1. The Hall–Kier alpha value is -1.73. The first kappa shape index (κ1) is 11.3. The number of nitriles is 1. The highest BCUT2D eigenvalue weighted by molar-refractivity contribution is 6.31. The van der Waals surface area contributed by atoms with Crippen LogP contribution in [0.15, 0.2) is 12.1 Å². The van der Waals surface area contributed by atoms with Crippen molar-refractivity contribution in [3.63, 3.8) is 0 Å². The summed E-state index contributed by atoms with van der Waals surface area (Å²) < 4.78 is 4.93. The highest BCUT2D eigenvalue weighted by Gasteiger charge is 2.15. The monoisotopic (exact) mass is 224 g/mol. The first-order valence-corrected chi connectivity index (χ1v) is 4.64. The smallest absolute Gasteiger partial charge is 0.180 e. The van der Waals surface area contributed by atoms with Crippen LogP contribution in [0, 0.1) is 11.3 Å². The lowest BCUT2D eigenvalue weighted by molar-refractivity contribution is 0.102. The second-order valence-corrected chi connectivity index (χ2v) is 3.08. The SMILES string of the molecule is COc1cc(N)c(C(=O)CCl)c(C#N)c1. The van der Waals surface area contributed by atoms with Crippen molar-refractivity contribution < 1.29 is 9.53 Å². The molecule has 0 spiro atoms. The average molecular weight is 225 g/mol. The van der Waals surface area contributed by atoms with Crippen molar-refractivity contribution in [1.82, 2.24) is 0 Å². The normalized spacial score (nSPS) is 9.40. The minimum atomic E-state index is -0.367. The molecule has 0 fully saturated rings. The maximum atomic E-state index is 11.4. The molecule has 0 heterocycles. The molecular weight excluding hydrogens is 216 g/mol. The van der Waals surface area contributed by atoms with E-state index in [0.29, 0.717) is 5.75 Å². The summed E-state index contributed by atoms with van der Waals surface area (Å²) >= 11 is 5.42. The number of hydrogen-bond acceptors (Lipinski definition) is 4. The number of anilines is 1. The fraction of sp³-hybridized carbons (Fsp3) is 0.200. The minimum Gasteiger partial charge on any atom is -0.497 e. The van der Waals surface area contributed by atoms with Gasteiger partial charge in [-0.05, 0) is 6.07 Å². The van der Waals surface area contributed by atoms with Crippen LogP contribution >= 0.6 is 11.6 Å². The second kappa shape index (κ2) is 4.67. The Bertz CT molecular complexity index is 438. The number of carbonyl (C=O) groups is 1. The molecule has 5 heteroatoms. The summed E-state index contributed by atoms with van der Waals surface area (Å²) in [5, 5.41) is 8.85. The van der Waals surface area contributed by atoms with Crippen molar-refractivity contribution >= 4 is 23.1 Å². The molecule has 0 atom stereocenters. The first-order valence-electron chi connectivity index (χ1n) is 4.10. The van der Waals surface area contributed by atoms with Crippen LogP contribution in [0.4, 0.5) is 5.69 Å². The van der Waals surface area contributed by atoms with Crippen LogP contribution in [0.3, 0.4) is 0 Å². The number of nitrogens with two attached hydrogens (primary N) is 1. The molecule has 0 bridgehead atoms. The number of rotatable bonds is 3. The summed E-state index contributed by atoms with van der Waals surface area (Å²) in [6.45, 7) is 0. The predicted molar refractivity (Wildman–Crippen MR) is 57.2 cm³/mol. The van der Waals surface area contributed by atoms with Gasteiger partial charge in [0.1, 0.15) is 11.8 Å². The summed E-state index contributed by atoms with van der Waals surface area (Å²) in [7, 11) is 1.46. The predicted octanol–water partition coefficient (Wildman–Crippen LogP) is 1.57. The van der Waals surface area contributed by atoms with E-state index in [9.17, 15) is 4.79 Å². The molecule has 78 valence electrons. The Morgan fingerprint density at radius 1 is 1.67 bits per heavy atom. The molecule has 0 aliphatic carbocycles. The molecule has 2 N–H and O–H groups in total. The van der Waals surface area contributed by atoms with Gasteiger partial charge in [-0.25, -0.2) is 0 Å². The van der Waals surface area contributed by atoms with Crippen LogP contribution in [-0.2, 0) is 0 Å². The highest BCUT2D eigenvalue weighted by atomic mass is 35.5. The maximum absolute atomic E-state index is 11.4. The number of ketones is 1. The van der Waals surface area contributed by atoms with Crippen LogP contribution in [0.25, 0.3) is 0 Å². The van der Waals surface area contributed by atoms with Gasteiger partial charge in [-0.3, -0.25) is 4.79 Å². The number of nitrogens with zero attached hydrogens (tertiary/aromatic N) is 1. The Balaban J connectivity index is 3.39. The number of hydrogen-bond donors (Lipinski definition) is 1. The van der Waals surface area contributed by atoms with Gasteiger partial charge in [-0.15, -0.1) is 11.6 Å². The summed E-state index contributed by atoms with van der Waals surface area (Å²) in [6, 6.07) is 4.83. The number of Topliss-reactive ketones (excluding diaryl/α,β-unsaturated/α-hetero) is 1. The summed E-state index contributed by atoms with van der Waals surface area (Å²) in [4.78, 5) is 11.4. The molecule has 0 saturated carbocycles. The molecule has 0 unspecified atom stereocenters.